The summed E-state index contributed by atoms with van der Waals surface area (Å²) in [5.74, 6) is -0.272. The van der Waals surface area contributed by atoms with Crippen molar-refractivity contribution in [3.63, 3.8) is 0 Å². The molecule has 0 radical (unpaired) electrons. The monoisotopic (exact) mass is 376 g/mol. The van der Waals surface area contributed by atoms with Crippen LogP contribution in [-0.2, 0) is 4.79 Å². The topological polar surface area (TPSA) is 69.6 Å². The van der Waals surface area contributed by atoms with Crippen molar-refractivity contribution in [1.29, 1.82) is 0 Å². The molecule has 6 heteroatoms. The Morgan fingerprint density at radius 1 is 1.18 bits per heavy atom. The Morgan fingerprint density at radius 3 is 2.79 bits per heavy atom. The standard InChI is InChI=1S/C22H24N4O2/c1-25(2)17-8-3-6-15(12-17)18-9-4-10-19-20(18)21(24-14-23-19)26-11-5-7-16(13-26)22(27)28/h3-4,6,8-10,12,14,16H,5,7,11,13H2,1-2H3,(H,27,28). The summed E-state index contributed by atoms with van der Waals surface area (Å²) in [6.45, 7) is 1.29. The molecule has 0 saturated carbocycles. The first kappa shape index (κ1) is 18.2. The molecule has 1 aliphatic heterocycles. The fraction of sp³-hybridized carbons (Fsp3) is 0.318. The van der Waals surface area contributed by atoms with Crippen LogP contribution in [0.15, 0.2) is 48.8 Å². The molecule has 0 aliphatic carbocycles. The van der Waals surface area contributed by atoms with Crippen LogP contribution in [0.3, 0.4) is 0 Å². The molecule has 4 rings (SSSR count). The summed E-state index contributed by atoms with van der Waals surface area (Å²) >= 11 is 0. The molecule has 2 aromatic carbocycles. The third-order valence-corrected chi connectivity index (χ3v) is 5.39. The lowest BCUT2D eigenvalue weighted by Gasteiger charge is -2.32. The van der Waals surface area contributed by atoms with Crippen molar-refractivity contribution in [1.82, 2.24) is 9.97 Å². The number of piperidine rings is 1. The van der Waals surface area contributed by atoms with Crippen LogP contribution in [0.5, 0.6) is 0 Å². The zero-order chi connectivity index (χ0) is 19.7. The fourth-order valence-electron chi connectivity index (χ4n) is 3.90. The van der Waals surface area contributed by atoms with Crippen LogP contribution in [0.1, 0.15) is 12.8 Å². The van der Waals surface area contributed by atoms with Crippen LogP contribution >= 0.6 is 0 Å². The number of carboxylic acids is 1. The van der Waals surface area contributed by atoms with Gasteiger partial charge in [0.25, 0.3) is 0 Å². The molecule has 1 saturated heterocycles. The Balaban J connectivity index is 1.85. The van der Waals surface area contributed by atoms with E-state index in [-0.39, 0.29) is 5.92 Å². The maximum Gasteiger partial charge on any atom is 0.308 e. The number of benzene rings is 2. The molecule has 1 unspecified atom stereocenters. The highest BCUT2D eigenvalue weighted by atomic mass is 16.4. The van der Waals surface area contributed by atoms with Crippen molar-refractivity contribution in [3.05, 3.63) is 48.8 Å². The first-order chi connectivity index (χ1) is 13.5. The maximum atomic E-state index is 11.5. The largest absolute Gasteiger partial charge is 0.481 e. The average Bonchev–Trinajstić information content (AvgIpc) is 2.73. The quantitative estimate of drug-likeness (QED) is 0.749. The molecule has 28 heavy (non-hydrogen) atoms. The zero-order valence-corrected chi connectivity index (χ0v) is 16.2. The molecule has 1 fully saturated rings. The van der Waals surface area contributed by atoms with E-state index in [2.05, 4.69) is 44.0 Å². The van der Waals surface area contributed by atoms with Crippen molar-refractivity contribution in [2.75, 3.05) is 37.0 Å². The molecular formula is C22H24N4O2. The number of hydrogen-bond donors (Lipinski definition) is 1. The summed E-state index contributed by atoms with van der Waals surface area (Å²) in [7, 11) is 4.05. The lowest BCUT2D eigenvalue weighted by atomic mass is 9.96. The molecule has 1 N–H and O–H groups in total. The summed E-state index contributed by atoms with van der Waals surface area (Å²) in [4.78, 5) is 24.8. The summed E-state index contributed by atoms with van der Waals surface area (Å²) in [6.07, 6.45) is 3.13. The Hall–Kier alpha value is -3.15. The van der Waals surface area contributed by atoms with E-state index in [0.29, 0.717) is 13.0 Å². The fourth-order valence-corrected chi connectivity index (χ4v) is 3.90. The van der Waals surface area contributed by atoms with Crippen LogP contribution in [-0.4, -0.2) is 48.2 Å². The van der Waals surface area contributed by atoms with Gasteiger partial charge in [0.15, 0.2) is 0 Å². The van der Waals surface area contributed by atoms with Gasteiger partial charge in [-0.05, 0) is 42.2 Å². The molecule has 1 aliphatic rings. The summed E-state index contributed by atoms with van der Waals surface area (Å²) in [6, 6.07) is 14.5. The van der Waals surface area contributed by atoms with E-state index in [4.69, 9.17) is 0 Å². The van der Waals surface area contributed by atoms with E-state index in [9.17, 15) is 9.90 Å². The Kier molecular flexibility index (Phi) is 4.86. The van der Waals surface area contributed by atoms with Crippen molar-refractivity contribution in [2.24, 2.45) is 5.92 Å². The van der Waals surface area contributed by atoms with Crippen molar-refractivity contribution in [3.8, 4) is 11.1 Å². The minimum absolute atomic E-state index is 0.358. The second-order valence-electron chi connectivity index (χ2n) is 7.47. The summed E-state index contributed by atoms with van der Waals surface area (Å²) in [5, 5.41) is 10.4. The summed E-state index contributed by atoms with van der Waals surface area (Å²) < 4.78 is 0. The molecule has 6 nitrogen and oxygen atoms in total. The van der Waals surface area contributed by atoms with Gasteiger partial charge in [-0.25, -0.2) is 9.97 Å². The van der Waals surface area contributed by atoms with E-state index in [1.54, 1.807) is 6.33 Å². The molecule has 3 aromatic rings. The minimum Gasteiger partial charge on any atom is -0.481 e. The number of carboxylic acid groups (broad SMARTS) is 1. The van der Waals surface area contributed by atoms with Gasteiger partial charge in [-0.1, -0.05) is 24.3 Å². The molecule has 2 heterocycles. The van der Waals surface area contributed by atoms with E-state index in [0.717, 1.165) is 46.5 Å². The third-order valence-electron chi connectivity index (χ3n) is 5.39. The van der Waals surface area contributed by atoms with Crippen LogP contribution < -0.4 is 9.80 Å². The average molecular weight is 376 g/mol. The highest BCUT2D eigenvalue weighted by Crippen LogP contribution is 2.36. The second kappa shape index (κ2) is 7.46. The van der Waals surface area contributed by atoms with Crippen LogP contribution in [0.2, 0.25) is 0 Å². The first-order valence-corrected chi connectivity index (χ1v) is 9.54. The lowest BCUT2D eigenvalue weighted by molar-refractivity contribution is -0.141. The SMILES string of the molecule is CN(C)c1cccc(-c2cccc3ncnc(N4CCCC(C(=O)O)C4)c23)c1. The molecule has 0 spiro atoms. The predicted octanol–water partition coefficient (Wildman–Crippen LogP) is 3.66. The van der Waals surface area contributed by atoms with Crippen LogP contribution in [0.4, 0.5) is 11.5 Å². The second-order valence-corrected chi connectivity index (χ2v) is 7.47. The Labute approximate surface area is 164 Å². The number of fused-ring (bicyclic) bond motifs is 1. The van der Waals surface area contributed by atoms with Gasteiger partial charge in [0.2, 0.25) is 0 Å². The lowest BCUT2D eigenvalue weighted by Crippen LogP contribution is -2.39. The van der Waals surface area contributed by atoms with Gasteiger partial charge in [-0.2, -0.15) is 0 Å². The van der Waals surface area contributed by atoms with Gasteiger partial charge in [-0.3, -0.25) is 4.79 Å². The molecule has 1 aromatic heterocycles. The minimum atomic E-state index is -0.734. The molecular weight excluding hydrogens is 352 g/mol. The number of carbonyl (C=O) groups is 1. The van der Waals surface area contributed by atoms with Gasteiger partial charge >= 0.3 is 5.97 Å². The molecule has 1 atom stereocenters. The molecule has 0 amide bonds. The maximum absolute atomic E-state index is 11.5. The van der Waals surface area contributed by atoms with Crippen LogP contribution in [0.25, 0.3) is 22.0 Å². The predicted molar refractivity (Wildman–Crippen MR) is 112 cm³/mol. The number of rotatable bonds is 4. The van der Waals surface area contributed by atoms with Gasteiger partial charge < -0.3 is 14.9 Å². The van der Waals surface area contributed by atoms with Gasteiger partial charge in [0.05, 0.1) is 16.8 Å². The van der Waals surface area contributed by atoms with Crippen molar-refractivity contribution >= 4 is 28.4 Å². The van der Waals surface area contributed by atoms with Gasteiger partial charge in [0, 0.05) is 32.9 Å². The molecule has 0 bridgehead atoms. The van der Waals surface area contributed by atoms with E-state index < -0.39 is 5.97 Å². The van der Waals surface area contributed by atoms with E-state index in [1.807, 2.05) is 32.3 Å². The number of hydrogen-bond acceptors (Lipinski definition) is 5. The number of aromatic nitrogens is 2. The van der Waals surface area contributed by atoms with E-state index >= 15 is 0 Å². The normalized spacial score (nSPS) is 16.9. The number of anilines is 2. The number of aliphatic carboxylic acids is 1. The van der Waals surface area contributed by atoms with Crippen molar-refractivity contribution in [2.45, 2.75) is 12.8 Å². The van der Waals surface area contributed by atoms with Crippen LogP contribution in [0, 0.1) is 5.92 Å². The highest BCUT2D eigenvalue weighted by molar-refractivity contribution is 6.02. The summed E-state index contributed by atoms with van der Waals surface area (Å²) in [5.41, 5.74) is 4.15. The van der Waals surface area contributed by atoms with Gasteiger partial charge in [0.1, 0.15) is 12.1 Å². The van der Waals surface area contributed by atoms with Crippen molar-refractivity contribution < 1.29 is 9.90 Å². The first-order valence-electron chi connectivity index (χ1n) is 9.54. The highest BCUT2D eigenvalue weighted by Gasteiger charge is 2.27. The smallest absolute Gasteiger partial charge is 0.308 e. The molecule has 144 valence electrons. The Bertz CT molecular complexity index is 1010. The van der Waals surface area contributed by atoms with Gasteiger partial charge in [-0.15, -0.1) is 0 Å². The van der Waals surface area contributed by atoms with E-state index in [1.165, 1.54) is 0 Å². The zero-order valence-electron chi connectivity index (χ0n) is 16.2. The third kappa shape index (κ3) is 3.38. The Morgan fingerprint density at radius 2 is 2.00 bits per heavy atom. The number of nitrogens with zero attached hydrogens (tertiary/aromatic N) is 4.